The summed E-state index contributed by atoms with van der Waals surface area (Å²) < 4.78 is 38.9. The average Bonchev–Trinajstić information content (AvgIpc) is 3.19. The SMILES string of the molecule is COc1c2cnccc2c(OC)c2sc(CN(CC(F)F)C(=O)C3CCCCC3)cc12. The highest BCUT2D eigenvalue weighted by Crippen LogP contribution is 2.46. The van der Waals surface area contributed by atoms with Crippen LogP contribution in [0.25, 0.3) is 20.9 Å². The van der Waals surface area contributed by atoms with E-state index in [0.717, 1.165) is 57.8 Å². The molecule has 0 radical (unpaired) electrons. The van der Waals surface area contributed by atoms with E-state index in [2.05, 4.69) is 4.98 Å². The third kappa shape index (κ3) is 4.31. The molecule has 0 unspecified atom stereocenters. The molecule has 5 nitrogen and oxygen atoms in total. The zero-order valence-electron chi connectivity index (χ0n) is 17.7. The summed E-state index contributed by atoms with van der Waals surface area (Å²) in [5.74, 6) is 1.05. The number of carbonyl (C=O) groups is 1. The molecule has 0 aliphatic heterocycles. The molecular formula is C23H26F2N2O3S. The van der Waals surface area contributed by atoms with Crippen LogP contribution in [0.1, 0.15) is 37.0 Å². The van der Waals surface area contributed by atoms with Crippen LogP contribution in [-0.2, 0) is 11.3 Å². The van der Waals surface area contributed by atoms with Crippen molar-refractivity contribution in [3.8, 4) is 11.5 Å². The molecule has 0 saturated heterocycles. The summed E-state index contributed by atoms with van der Waals surface area (Å²) in [4.78, 5) is 19.4. The van der Waals surface area contributed by atoms with Gasteiger partial charge in [0.2, 0.25) is 5.91 Å². The first kappa shape index (κ1) is 21.7. The molecule has 166 valence electrons. The van der Waals surface area contributed by atoms with Gasteiger partial charge in [-0.15, -0.1) is 11.3 Å². The monoisotopic (exact) mass is 448 g/mol. The van der Waals surface area contributed by atoms with Gasteiger partial charge in [-0.25, -0.2) is 8.78 Å². The number of hydrogen-bond donors (Lipinski definition) is 0. The number of aromatic nitrogens is 1. The molecule has 1 saturated carbocycles. The largest absolute Gasteiger partial charge is 0.495 e. The van der Waals surface area contributed by atoms with Gasteiger partial charge in [-0.3, -0.25) is 9.78 Å². The predicted octanol–water partition coefficient (Wildman–Crippen LogP) is 5.64. The number of amides is 1. The lowest BCUT2D eigenvalue weighted by atomic mass is 9.88. The van der Waals surface area contributed by atoms with Gasteiger partial charge in [-0.2, -0.15) is 0 Å². The molecule has 2 aromatic heterocycles. The van der Waals surface area contributed by atoms with E-state index in [1.807, 2.05) is 12.1 Å². The Morgan fingerprint density at radius 1 is 1.16 bits per heavy atom. The van der Waals surface area contributed by atoms with Gasteiger partial charge in [-0.1, -0.05) is 19.3 Å². The smallest absolute Gasteiger partial charge is 0.255 e. The summed E-state index contributed by atoms with van der Waals surface area (Å²) in [6, 6.07) is 3.78. The standard InChI is InChI=1S/C23H26F2N2O3S/c1-29-20-17-10-15(31-22(17)21(30-2)16-8-9-26-11-18(16)20)12-27(13-19(24)25)23(28)14-6-4-3-5-7-14/h8-11,14,19H,3-7,12-13H2,1-2H3. The summed E-state index contributed by atoms with van der Waals surface area (Å²) >= 11 is 1.45. The molecule has 0 N–H and O–H groups in total. The Labute approximate surface area is 184 Å². The summed E-state index contributed by atoms with van der Waals surface area (Å²) in [5.41, 5.74) is 0. The van der Waals surface area contributed by atoms with Crippen LogP contribution in [0.5, 0.6) is 11.5 Å². The van der Waals surface area contributed by atoms with Crippen LogP contribution in [0.3, 0.4) is 0 Å². The van der Waals surface area contributed by atoms with Crippen LogP contribution < -0.4 is 9.47 Å². The highest BCUT2D eigenvalue weighted by atomic mass is 32.1. The number of benzene rings is 1. The summed E-state index contributed by atoms with van der Waals surface area (Å²) in [5, 5.41) is 2.53. The topological polar surface area (TPSA) is 51.7 Å². The molecule has 0 atom stereocenters. The van der Waals surface area contributed by atoms with Crippen LogP contribution in [0.15, 0.2) is 24.5 Å². The minimum atomic E-state index is -2.57. The van der Waals surface area contributed by atoms with E-state index < -0.39 is 13.0 Å². The maximum Gasteiger partial charge on any atom is 0.255 e. The van der Waals surface area contributed by atoms with Crippen molar-refractivity contribution in [3.05, 3.63) is 29.4 Å². The van der Waals surface area contributed by atoms with Crippen molar-refractivity contribution >= 4 is 38.1 Å². The van der Waals surface area contributed by atoms with Gasteiger partial charge < -0.3 is 14.4 Å². The number of carbonyl (C=O) groups excluding carboxylic acids is 1. The quantitative estimate of drug-likeness (QED) is 0.469. The number of rotatable bonds is 7. The summed E-state index contributed by atoms with van der Waals surface area (Å²) in [7, 11) is 3.21. The first-order chi connectivity index (χ1) is 15.0. The number of halogens is 2. The molecule has 4 rings (SSSR count). The molecule has 0 bridgehead atoms. The van der Waals surface area contributed by atoms with Gasteiger partial charge >= 0.3 is 0 Å². The Balaban J connectivity index is 1.74. The van der Waals surface area contributed by atoms with Gasteiger partial charge in [0.1, 0.15) is 11.5 Å². The second kappa shape index (κ2) is 9.34. The van der Waals surface area contributed by atoms with Crippen molar-refractivity contribution in [1.82, 2.24) is 9.88 Å². The van der Waals surface area contributed by atoms with Crippen molar-refractivity contribution in [2.75, 3.05) is 20.8 Å². The number of ether oxygens (including phenoxy) is 2. The Kier molecular flexibility index (Phi) is 6.55. The third-order valence-corrected chi connectivity index (χ3v) is 7.04. The highest BCUT2D eigenvalue weighted by molar-refractivity contribution is 7.19. The zero-order valence-corrected chi connectivity index (χ0v) is 18.5. The Morgan fingerprint density at radius 3 is 2.58 bits per heavy atom. The number of methoxy groups -OCH3 is 2. The highest BCUT2D eigenvalue weighted by Gasteiger charge is 2.28. The van der Waals surface area contributed by atoms with Crippen molar-refractivity contribution in [2.24, 2.45) is 5.92 Å². The molecule has 1 aromatic carbocycles. The minimum absolute atomic E-state index is 0.153. The Hall–Kier alpha value is -2.48. The van der Waals surface area contributed by atoms with Crippen molar-refractivity contribution in [3.63, 3.8) is 0 Å². The van der Waals surface area contributed by atoms with Gasteiger partial charge in [0.05, 0.1) is 32.0 Å². The van der Waals surface area contributed by atoms with E-state index in [9.17, 15) is 13.6 Å². The molecule has 0 spiro atoms. The maximum absolute atomic E-state index is 13.3. The first-order valence-electron chi connectivity index (χ1n) is 10.5. The average molecular weight is 449 g/mol. The van der Waals surface area contributed by atoms with E-state index in [0.29, 0.717) is 11.5 Å². The molecule has 31 heavy (non-hydrogen) atoms. The normalized spacial score (nSPS) is 15.0. The van der Waals surface area contributed by atoms with Gasteiger partial charge in [0.25, 0.3) is 6.43 Å². The van der Waals surface area contributed by atoms with Crippen LogP contribution >= 0.6 is 11.3 Å². The molecule has 1 aliphatic carbocycles. The molecular weight excluding hydrogens is 422 g/mol. The van der Waals surface area contributed by atoms with E-state index >= 15 is 0 Å². The third-order valence-electron chi connectivity index (χ3n) is 5.92. The van der Waals surface area contributed by atoms with Crippen LogP contribution in [0.4, 0.5) is 8.78 Å². The van der Waals surface area contributed by atoms with Crippen LogP contribution in [-0.4, -0.2) is 43.0 Å². The fourth-order valence-electron chi connectivity index (χ4n) is 4.52. The van der Waals surface area contributed by atoms with Crippen molar-refractivity contribution in [1.29, 1.82) is 0 Å². The number of alkyl halides is 2. The predicted molar refractivity (Wildman–Crippen MR) is 118 cm³/mol. The fraction of sp³-hybridized carbons (Fsp3) is 0.478. The van der Waals surface area contributed by atoms with Crippen LogP contribution in [0.2, 0.25) is 0 Å². The Morgan fingerprint density at radius 2 is 1.90 bits per heavy atom. The summed E-state index contributed by atoms with van der Waals surface area (Å²) in [6.07, 6.45) is 5.49. The van der Waals surface area contributed by atoms with E-state index in [4.69, 9.17) is 9.47 Å². The van der Waals surface area contributed by atoms with E-state index in [1.165, 1.54) is 16.2 Å². The molecule has 1 fully saturated rings. The van der Waals surface area contributed by atoms with Crippen molar-refractivity contribution in [2.45, 2.75) is 45.1 Å². The second-order valence-corrected chi connectivity index (χ2v) is 9.02. The van der Waals surface area contributed by atoms with Gasteiger partial charge in [0, 0.05) is 39.3 Å². The van der Waals surface area contributed by atoms with Gasteiger partial charge in [0.15, 0.2) is 0 Å². The molecule has 1 amide bonds. The summed E-state index contributed by atoms with van der Waals surface area (Å²) in [6.45, 7) is -0.399. The zero-order chi connectivity index (χ0) is 22.0. The molecule has 1 aliphatic rings. The van der Waals surface area contributed by atoms with E-state index in [1.54, 1.807) is 26.6 Å². The van der Waals surface area contributed by atoms with E-state index in [-0.39, 0.29) is 18.4 Å². The molecule has 3 aromatic rings. The molecule has 8 heteroatoms. The number of pyridine rings is 1. The lowest BCUT2D eigenvalue weighted by Crippen LogP contribution is -2.39. The fourth-order valence-corrected chi connectivity index (χ4v) is 5.72. The lowest BCUT2D eigenvalue weighted by molar-refractivity contribution is -0.139. The minimum Gasteiger partial charge on any atom is -0.495 e. The van der Waals surface area contributed by atoms with Crippen molar-refractivity contribution < 1.29 is 23.0 Å². The second-order valence-electron chi connectivity index (χ2n) is 7.89. The number of nitrogens with zero attached hydrogens (tertiary/aromatic N) is 2. The van der Waals surface area contributed by atoms with Crippen LogP contribution in [0, 0.1) is 5.92 Å². The first-order valence-corrected chi connectivity index (χ1v) is 11.3. The Bertz CT molecular complexity index is 1020. The number of thiophene rings is 1. The lowest BCUT2D eigenvalue weighted by Gasteiger charge is -2.28. The number of hydrogen-bond acceptors (Lipinski definition) is 5. The maximum atomic E-state index is 13.3. The van der Waals surface area contributed by atoms with Gasteiger partial charge in [-0.05, 0) is 25.0 Å². The number of fused-ring (bicyclic) bond motifs is 2. The molecule has 2 heterocycles.